The van der Waals surface area contributed by atoms with Gasteiger partial charge < -0.3 is 4.55 Å². The average molecular weight is 404 g/mol. The van der Waals surface area contributed by atoms with E-state index in [-0.39, 0.29) is 5.75 Å². The number of rotatable bonds is 4. The predicted octanol–water partition coefficient (Wildman–Crippen LogP) is 5.16. The van der Waals surface area contributed by atoms with Crippen LogP contribution < -0.4 is 0 Å². The van der Waals surface area contributed by atoms with Crippen LogP contribution in [0.3, 0.4) is 0 Å². The van der Waals surface area contributed by atoms with Crippen molar-refractivity contribution in [1.29, 1.82) is 0 Å². The summed E-state index contributed by atoms with van der Waals surface area (Å²) in [4.78, 5) is 4.55. The molecule has 3 nitrogen and oxygen atoms in total. The first kappa shape index (κ1) is 17.3. The summed E-state index contributed by atoms with van der Waals surface area (Å²) >= 11 is 1.67. The van der Waals surface area contributed by atoms with E-state index in [0.29, 0.717) is 0 Å². The van der Waals surface area contributed by atoms with Crippen molar-refractivity contribution < 1.29 is 8.76 Å². The zero-order valence-corrected chi connectivity index (χ0v) is 15.9. The highest BCUT2D eigenvalue weighted by Gasteiger charge is 2.25. The predicted molar refractivity (Wildman–Crippen MR) is 104 cm³/mol. The molecule has 1 N–H and O–H groups in total. The summed E-state index contributed by atoms with van der Waals surface area (Å²) in [6.45, 7) is 3.98. The van der Waals surface area contributed by atoms with Crippen LogP contribution in [0.15, 0.2) is 59.2 Å². The largest absolute Gasteiger partial charge is 0.306 e. The normalized spacial score (nSPS) is 13.2. The Morgan fingerprint density at radius 1 is 1.17 bits per heavy atom. The van der Waals surface area contributed by atoms with Crippen molar-refractivity contribution in [2.45, 2.75) is 19.3 Å². The number of halogens is 1. The highest BCUT2D eigenvalue weighted by atomic mass is 79.9. The topological polar surface area (TPSA) is 50.2 Å². The molecule has 3 rings (SSSR count). The Bertz CT molecular complexity index is 924. The first-order chi connectivity index (χ1) is 11.4. The maximum Gasteiger partial charge on any atom is 0.153 e. The first-order valence-corrected chi connectivity index (χ1v) is 9.66. The summed E-state index contributed by atoms with van der Waals surface area (Å²) in [5, 5.41) is 1.03. The fraction of sp³-hybridized carbons (Fsp3) is 0.211. The van der Waals surface area contributed by atoms with E-state index >= 15 is 0 Å². The summed E-state index contributed by atoms with van der Waals surface area (Å²) in [5.41, 5.74) is 3.64. The van der Waals surface area contributed by atoms with Crippen molar-refractivity contribution in [2.24, 2.45) is 0 Å². The number of hydrogen-bond donors (Lipinski definition) is 1. The molecule has 1 unspecified atom stereocenters. The number of benzene rings is 2. The number of nitrogens with zero attached hydrogens (tertiary/aromatic N) is 1. The number of hydrogen-bond acceptors (Lipinski definition) is 2. The van der Waals surface area contributed by atoms with Crippen LogP contribution in [0.5, 0.6) is 0 Å². The molecule has 124 valence electrons. The lowest BCUT2D eigenvalue weighted by molar-refractivity contribution is 0.526. The molecule has 1 heterocycles. The Hall–Kier alpha value is -1.56. The Morgan fingerprint density at radius 2 is 1.96 bits per heavy atom. The molecule has 0 radical (unpaired) electrons. The van der Waals surface area contributed by atoms with Crippen LogP contribution >= 0.6 is 15.9 Å². The van der Waals surface area contributed by atoms with Crippen molar-refractivity contribution >= 4 is 37.9 Å². The Labute approximate surface area is 152 Å². The van der Waals surface area contributed by atoms with Crippen molar-refractivity contribution in [3.05, 3.63) is 64.8 Å². The van der Waals surface area contributed by atoms with E-state index in [2.05, 4.69) is 45.2 Å². The average Bonchev–Trinajstić information content (AvgIpc) is 2.52. The number of fused-ring (bicyclic) bond motifs is 1. The maximum atomic E-state index is 11.3. The quantitative estimate of drug-likeness (QED) is 0.611. The molecule has 0 aliphatic rings. The van der Waals surface area contributed by atoms with Crippen molar-refractivity contribution in [1.82, 2.24) is 4.98 Å². The van der Waals surface area contributed by atoms with Gasteiger partial charge in [0, 0.05) is 27.0 Å². The molecule has 3 aromatic rings. The van der Waals surface area contributed by atoms with Gasteiger partial charge in [-0.2, -0.15) is 0 Å². The Kier molecular flexibility index (Phi) is 4.85. The minimum Gasteiger partial charge on any atom is -0.306 e. The van der Waals surface area contributed by atoms with Crippen LogP contribution in [0.25, 0.3) is 22.0 Å². The van der Waals surface area contributed by atoms with Gasteiger partial charge in [-0.15, -0.1) is 0 Å². The van der Waals surface area contributed by atoms with Crippen molar-refractivity contribution in [2.75, 3.05) is 5.75 Å². The lowest BCUT2D eigenvalue weighted by Crippen LogP contribution is -2.25. The fourth-order valence-electron chi connectivity index (χ4n) is 2.85. The van der Waals surface area contributed by atoms with E-state index < -0.39 is 16.5 Å². The number of aromatic nitrogens is 1. The molecule has 2 aromatic carbocycles. The van der Waals surface area contributed by atoms with Gasteiger partial charge in [0.15, 0.2) is 11.1 Å². The van der Waals surface area contributed by atoms with Gasteiger partial charge in [0.2, 0.25) is 0 Å². The molecule has 0 spiro atoms. The molecule has 5 heteroatoms. The van der Waals surface area contributed by atoms with E-state index in [4.69, 9.17) is 0 Å². The third-order valence-corrected chi connectivity index (χ3v) is 5.57. The van der Waals surface area contributed by atoms with Gasteiger partial charge in [0.25, 0.3) is 0 Å². The molecular weight excluding hydrogens is 386 g/mol. The number of pyridine rings is 1. The smallest absolute Gasteiger partial charge is 0.153 e. The van der Waals surface area contributed by atoms with E-state index in [1.165, 1.54) is 0 Å². The molecule has 0 saturated heterocycles. The van der Waals surface area contributed by atoms with Gasteiger partial charge in [0.05, 0.1) is 11.3 Å². The van der Waals surface area contributed by atoms with Crippen molar-refractivity contribution in [3.8, 4) is 11.1 Å². The Balaban J connectivity index is 2.26. The molecule has 24 heavy (non-hydrogen) atoms. The van der Waals surface area contributed by atoms with Crippen LogP contribution in [0.2, 0.25) is 0 Å². The van der Waals surface area contributed by atoms with E-state index in [9.17, 15) is 8.76 Å². The molecule has 1 aromatic heterocycles. The SMILES string of the molecule is CC(C)(CS(=O)O)c1cc(-c2cccc(Br)c2)c2ncccc2c1. The summed E-state index contributed by atoms with van der Waals surface area (Å²) in [7, 11) is 0. The summed E-state index contributed by atoms with van der Waals surface area (Å²) in [6, 6.07) is 16.2. The molecule has 0 aliphatic carbocycles. The summed E-state index contributed by atoms with van der Waals surface area (Å²) in [5.74, 6) is 0.191. The second-order valence-electron chi connectivity index (χ2n) is 6.46. The van der Waals surface area contributed by atoms with E-state index in [0.717, 1.165) is 32.1 Å². The van der Waals surface area contributed by atoms with Crippen molar-refractivity contribution in [3.63, 3.8) is 0 Å². The zero-order valence-electron chi connectivity index (χ0n) is 13.5. The minimum absolute atomic E-state index is 0.191. The monoisotopic (exact) mass is 403 g/mol. The van der Waals surface area contributed by atoms with Gasteiger partial charge in [-0.25, -0.2) is 4.21 Å². The third kappa shape index (κ3) is 3.58. The van der Waals surface area contributed by atoms with Crippen LogP contribution in [0, 0.1) is 0 Å². The standard InChI is InChI=1S/C19H18BrNO2S/c1-19(2,12-24(22)23)15-9-14-6-4-8-21-18(14)17(11-15)13-5-3-7-16(20)10-13/h3-11H,12H2,1-2H3,(H,22,23). The fourth-order valence-corrected chi connectivity index (χ4v) is 4.03. The minimum atomic E-state index is -1.85. The highest BCUT2D eigenvalue weighted by Crippen LogP contribution is 2.35. The third-order valence-electron chi connectivity index (χ3n) is 4.11. The second-order valence-corrected chi connectivity index (χ2v) is 8.31. The van der Waals surface area contributed by atoms with E-state index in [1.54, 1.807) is 6.20 Å². The Morgan fingerprint density at radius 3 is 2.67 bits per heavy atom. The molecular formula is C19H18BrNO2S. The van der Waals surface area contributed by atoms with Gasteiger partial charge in [-0.3, -0.25) is 4.98 Å². The second kappa shape index (κ2) is 6.75. The van der Waals surface area contributed by atoms with Crippen LogP contribution in [-0.4, -0.2) is 19.5 Å². The maximum absolute atomic E-state index is 11.3. The first-order valence-electron chi connectivity index (χ1n) is 7.59. The van der Waals surface area contributed by atoms with Crippen LogP contribution in [0.4, 0.5) is 0 Å². The van der Waals surface area contributed by atoms with Gasteiger partial charge in [0.1, 0.15) is 0 Å². The molecule has 0 bridgehead atoms. The van der Waals surface area contributed by atoms with Gasteiger partial charge in [-0.1, -0.05) is 48.0 Å². The molecule has 1 atom stereocenters. The molecule has 0 amide bonds. The lowest BCUT2D eigenvalue weighted by atomic mass is 9.84. The lowest BCUT2D eigenvalue weighted by Gasteiger charge is -2.25. The van der Waals surface area contributed by atoms with Gasteiger partial charge >= 0.3 is 0 Å². The van der Waals surface area contributed by atoms with Gasteiger partial charge in [-0.05, 0) is 41.5 Å². The van der Waals surface area contributed by atoms with Crippen LogP contribution in [-0.2, 0) is 16.5 Å². The van der Waals surface area contributed by atoms with Crippen LogP contribution in [0.1, 0.15) is 19.4 Å². The molecule has 0 aliphatic heterocycles. The molecule has 0 fully saturated rings. The zero-order chi connectivity index (χ0) is 17.3. The van der Waals surface area contributed by atoms with E-state index in [1.807, 2.05) is 38.1 Å². The summed E-state index contributed by atoms with van der Waals surface area (Å²) < 4.78 is 21.7. The highest BCUT2D eigenvalue weighted by molar-refractivity contribution is 9.10. The molecule has 0 saturated carbocycles. The summed E-state index contributed by atoms with van der Waals surface area (Å²) in [6.07, 6.45) is 1.79.